The molecule has 1 aliphatic rings. The lowest BCUT2D eigenvalue weighted by atomic mass is 9.92. The van der Waals surface area contributed by atoms with Crippen LogP contribution in [0.3, 0.4) is 0 Å². The highest BCUT2D eigenvalue weighted by Crippen LogP contribution is 2.35. The molecular formula is C22H20N2O2. The first-order valence-electron chi connectivity index (χ1n) is 8.90. The predicted molar refractivity (Wildman–Crippen MR) is 105 cm³/mol. The Morgan fingerprint density at radius 2 is 1.58 bits per heavy atom. The standard InChI is InChI=1S/C22H20N2O2/c1-2-3-5-14-8-10-15(11-9-14)24-21(25)17-7-4-6-16-19(23)13-12-18(20(16)17)22(24)26/h4,6-13H,2-3,5,23H2,1H3. The molecule has 4 nitrogen and oxygen atoms in total. The number of anilines is 2. The fraction of sp³-hybridized carbons (Fsp3) is 0.182. The molecule has 26 heavy (non-hydrogen) atoms. The van der Waals surface area contributed by atoms with Gasteiger partial charge in [-0.1, -0.05) is 37.6 Å². The summed E-state index contributed by atoms with van der Waals surface area (Å²) in [6.45, 7) is 2.16. The lowest BCUT2D eigenvalue weighted by Crippen LogP contribution is -2.40. The van der Waals surface area contributed by atoms with Gasteiger partial charge in [-0.25, -0.2) is 4.90 Å². The van der Waals surface area contributed by atoms with Gasteiger partial charge in [-0.2, -0.15) is 0 Å². The average molecular weight is 344 g/mol. The second kappa shape index (κ2) is 6.30. The maximum absolute atomic E-state index is 13.0. The number of nitrogen functional groups attached to an aromatic ring is 1. The molecule has 2 amide bonds. The van der Waals surface area contributed by atoms with Gasteiger partial charge in [-0.3, -0.25) is 9.59 Å². The molecular weight excluding hydrogens is 324 g/mol. The summed E-state index contributed by atoms with van der Waals surface area (Å²) in [4.78, 5) is 27.4. The molecule has 3 aromatic carbocycles. The van der Waals surface area contributed by atoms with Gasteiger partial charge in [0.1, 0.15) is 0 Å². The minimum absolute atomic E-state index is 0.306. The largest absolute Gasteiger partial charge is 0.398 e. The Kier molecular flexibility index (Phi) is 3.96. The first-order valence-corrected chi connectivity index (χ1v) is 8.90. The van der Waals surface area contributed by atoms with Crippen molar-refractivity contribution in [3.63, 3.8) is 0 Å². The van der Waals surface area contributed by atoms with E-state index in [-0.39, 0.29) is 11.8 Å². The van der Waals surface area contributed by atoms with Gasteiger partial charge < -0.3 is 5.73 Å². The minimum Gasteiger partial charge on any atom is -0.398 e. The molecule has 0 saturated heterocycles. The van der Waals surface area contributed by atoms with E-state index >= 15 is 0 Å². The SMILES string of the molecule is CCCCc1ccc(N2C(=O)c3cccc4c(N)ccc(c34)C2=O)cc1. The third-order valence-corrected chi connectivity index (χ3v) is 4.95. The molecule has 0 saturated carbocycles. The quantitative estimate of drug-likeness (QED) is 0.557. The van der Waals surface area contributed by atoms with Crippen molar-refractivity contribution in [2.24, 2.45) is 0 Å². The number of rotatable bonds is 4. The van der Waals surface area contributed by atoms with E-state index in [1.54, 1.807) is 24.3 Å². The molecule has 4 rings (SSSR count). The van der Waals surface area contributed by atoms with Crippen LogP contribution in [-0.4, -0.2) is 11.8 Å². The molecule has 0 atom stereocenters. The van der Waals surface area contributed by atoms with Crippen molar-refractivity contribution in [2.45, 2.75) is 26.2 Å². The second-order valence-electron chi connectivity index (χ2n) is 6.65. The van der Waals surface area contributed by atoms with Crippen molar-refractivity contribution in [3.05, 3.63) is 71.3 Å². The number of carbonyl (C=O) groups is 2. The first kappa shape index (κ1) is 16.3. The van der Waals surface area contributed by atoms with Crippen molar-refractivity contribution < 1.29 is 9.59 Å². The van der Waals surface area contributed by atoms with E-state index in [0.29, 0.717) is 27.9 Å². The number of amides is 2. The Morgan fingerprint density at radius 3 is 2.27 bits per heavy atom. The van der Waals surface area contributed by atoms with Crippen LogP contribution in [0, 0.1) is 0 Å². The molecule has 0 unspecified atom stereocenters. The van der Waals surface area contributed by atoms with E-state index in [0.717, 1.165) is 24.6 Å². The van der Waals surface area contributed by atoms with Crippen LogP contribution in [0.25, 0.3) is 10.8 Å². The highest BCUT2D eigenvalue weighted by Gasteiger charge is 2.34. The van der Waals surface area contributed by atoms with Crippen LogP contribution in [0.15, 0.2) is 54.6 Å². The zero-order chi connectivity index (χ0) is 18.3. The maximum Gasteiger partial charge on any atom is 0.265 e. The summed E-state index contributed by atoms with van der Waals surface area (Å²) in [5, 5.41) is 1.40. The van der Waals surface area contributed by atoms with Crippen LogP contribution in [0.2, 0.25) is 0 Å². The predicted octanol–water partition coefficient (Wildman–Crippen LogP) is 4.57. The summed E-state index contributed by atoms with van der Waals surface area (Å²) in [6.07, 6.45) is 3.26. The van der Waals surface area contributed by atoms with Gasteiger partial charge in [0.05, 0.1) is 5.69 Å². The monoisotopic (exact) mass is 344 g/mol. The van der Waals surface area contributed by atoms with E-state index in [2.05, 4.69) is 6.92 Å². The number of imide groups is 1. The molecule has 0 bridgehead atoms. The number of hydrogen-bond donors (Lipinski definition) is 1. The van der Waals surface area contributed by atoms with Crippen molar-refractivity contribution in [3.8, 4) is 0 Å². The summed E-state index contributed by atoms with van der Waals surface area (Å²) in [7, 11) is 0. The average Bonchev–Trinajstić information content (AvgIpc) is 2.66. The number of nitrogens with two attached hydrogens (primary N) is 1. The van der Waals surface area contributed by atoms with Crippen molar-refractivity contribution >= 4 is 34.0 Å². The van der Waals surface area contributed by atoms with E-state index in [1.807, 2.05) is 30.3 Å². The van der Waals surface area contributed by atoms with Crippen LogP contribution < -0.4 is 10.6 Å². The Labute approximate surface area is 152 Å². The number of carbonyl (C=O) groups excluding carboxylic acids is 2. The molecule has 4 heteroatoms. The van der Waals surface area contributed by atoms with Gasteiger partial charge in [0.2, 0.25) is 0 Å². The van der Waals surface area contributed by atoms with E-state index in [9.17, 15) is 9.59 Å². The van der Waals surface area contributed by atoms with Crippen molar-refractivity contribution in [1.82, 2.24) is 0 Å². The first-order chi connectivity index (χ1) is 12.6. The molecule has 0 aromatic heterocycles. The number of unbranched alkanes of at least 4 members (excludes halogenated alkanes) is 1. The van der Waals surface area contributed by atoms with Crippen LogP contribution in [0.4, 0.5) is 11.4 Å². The highest BCUT2D eigenvalue weighted by atomic mass is 16.2. The summed E-state index contributed by atoms with van der Waals surface area (Å²) >= 11 is 0. The van der Waals surface area contributed by atoms with Gasteiger partial charge in [0.15, 0.2) is 0 Å². The zero-order valence-corrected chi connectivity index (χ0v) is 14.7. The van der Waals surface area contributed by atoms with Crippen molar-refractivity contribution in [2.75, 3.05) is 10.6 Å². The molecule has 1 heterocycles. The van der Waals surface area contributed by atoms with E-state index in [4.69, 9.17) is 5.73 Å². The molecule has 0 fully saturated rings. The van der Waals surface area contributed by atoms with E-state index < -0.39 is 0 Å². The lowest BCUT2D eigenvalue weighted by Gasteiger charge is -2.27. The normalized spacial score (nSPS) is 13.5. The second-order valence-corrected chi connectivity index (χ2v) is 6.65. The van der Waals surface area contributed by atoms with Crippen LogP contribution in [0.5, 0.6) is 0 Å². The zero-order valence-electron chi connectivity index (χ0n) is 14.7. The molecule has 0 aliphatic carbocycles. The summed E-state index contributed by atoms with van der Waals surface area (Å²) in [6, 6.07) is 16.5. The number of benzene rings is 3. The Balaban J connectivity index is 1.79. The molecule has 1 aliphatic heterocycles. The minimum atomic E-state index is -0.306. The van der Waals surface area contributed by atoms with Gasteiger partial charge in [-0.05, 0) is 48.7 Å². The third kappa shape index (κ3) is 2.46. The van der Waals surface area contributed by atoms with Gasteiger partial charge >= 0.3 is 0 Å². The fourth-order valence-electron chi connectivity index (χ4n) is 3.55. The maximum atomic E-state index is 13.0. The molecule has 2 N–H and O–H groups in total. The smallest absolute Gasteiger partial charge is 0.265 e. The van der Waals surface area contributed by atoms with Crippen LogP contribution >= 0.6 is 0 Å². The van der Waals surface area contributed by atoms with Gasteiger partial charge in [-0.15, -0.1) is 0 Å². The Morgan fingerprint density at radius 1 is 0.885 bits per heavy atom. The number of nitrogens with zero attached hydrogens (tertiary/aromatic N) is 1. The molecule has 130 valence electrons. The number of aryl methyl sites for hydroxylation is 1. The summed E-state index contributed by atoms with van der Waals surface area (Å²) < 4.78 is 0. The van der Waals surface area contributed by atoms with Gasteiger partial charge in [0.25, 0.3) is 11.8 Å². The fourth-order valence-corrected chi connectivity index (χ4v) is 3.55. The van der Waals surface area contributed by atoms with Crippen molar-refractivity contribution in [1.29, 1.82) is 0 Å². The number of hydrogen-bond acceptors (Lipinski definition) is 3. The Bertz CT molecular complexity index is 1000. The third-order valence-electron chi connectivity index (χ3n) is 4.95. The van der Waals surface area contributed by atoms with Crippen LogP contribution in [0.1, 0.15) is 46.0 Å². The molecule has 0 radical (unpaired) electrons. The summed E-state index contributed by atoms with van der Waals surface area (Å²) in [5.41, 5.74) is 9.43. The van der Waals surface area contributed by atoms with Crippen LogP contribution in [-0.2, 0) is 6.42 Å². The lowest BCUT2D eigenvalue weighted by molar-refractivity contribution is 0.0893. The topological polar surface area (TPSA) is 63.4 Å². The van der Waals surface area contributed by atoms with Gasteiger partial charge in [0, 0.05) is 27.6 Å². The highest BCUT2D eigenvalue weighted by molar-refractivity contribution is 6.36. The molecule has 3 aromatic rings. The Hall–Kier alpha value is -3.14. The van der Waals surface area contributed by atoms with E-state index in [1.165, 1.54) is 10.5 Å². The molecule has 0 spiro atoms. The summed E-state index contributed by atoms with van der Waals surface area (Å²) in [5.74, 6) is -0.611.